The molecular formula is C25H31N3O. The maximum atomic E-state index is 12.4. The van der Waals surface area contributed by atoms with Crippen LogP contribution < -0.4 is 10.2 Å². The number of carbonyl (C=O) groups excluding carboxylic acids is 1. The van der Waals surface area contributed by atoms with Gasteiger partial charge in [0.1, 0.15) is 0 Å². The number of benzene rings is 2. The van der Waals surface area contributed by atoms with Gasteiger partial charge in [-0.15, -0.1) is 0 Å². The standard InChI is InChI=1S/C25H31N3O/c1-20-7-9-22(10-8-20)23-12-14-27(15-13-23)19-25(29)26-17-21-11-16-28(18-21)24-5-3-2-4-6-24/h2-10,12,21H,11,13-19H2,1H3,(H,26,29). The van der Waals surface area contributed by atoms with E-state index in [2.05, 4.69) is 82.7 Å². The zero-order chi connectivity index (χ0) is 20.1. The number of hydrogen-bond donors (Lipinski definition) is 1. The van der Waals surface area contributed by atoms with Gasteiger partial charge in [0.25, 0.3) is 0 Å². The Balaban J connectivity index is 1.19. The van der Waals surface area contributed by atoms with E-state index in [1.807, 2.05) is 0 Å². The van der Waals surface area contributed by atoms with Crippen LogP contribution in [0.5, 0.6) is 0 Å². The number of rotatable bonds is 6. The summed E-state index contributed by atoms with van der Waals surface area (Å²) in [5.74, 6) is 0.684. The molecule has 0 aliphatic carbocycles. The normalized spacial score (nSPS) is 19.8. The molecule has 1 atom stereocenters. The summed E-state index contributed by atoms with van der Waals surface area (Å²) in [6.45, 7) is 7.28. The summed E-state index contributed by atoms with van der Waals surface area (Å²) in [6.07, 6.45) is 4.42. The third-order valence-corrected chi connectivity index (χ3v) is 6.08. The first-order valence-corrected chi connectivity index (χ1v) is 10.7. The molecule has 0 bridgehead atoms. The summed E-state index contributed by atoms with van der Waals surface area (Å²) in [7, 11) is 0. The van der Waals surface area contributed by atoms with Crippen molar-refractivity contribution in [3.63, 3.8) is 0 Å². The SMILES string of the molecule is Cc1ccc(C2=CCN(CC(=O)NCC3CCN(c4ccccc4)C3)CC2)cc1. The maximum Gasteiger partial charge on any atom is 0.234 e. The van der Waals surface area contributed by atoms with Crippen LogP contribution in [-0.4, -0.2) is 50.1 Å². The van der Waals surface area contributed by atoms with Crippen molar-refractivity contribution in [3.05, 3.63) is 71.8 Å². The van der Waals surface area contributed by atoms with E-state index in [1.165, 1.54) is 22.4 Å². The lowest BCUT2D eigenvalue weighted by Crippen LogP contribution is -2.41. The number of aryl methyl sites for hydroxylation is 1. The summed E-state index contributed by atoms with van der Waals surface area (Å²) in [5.41, 5.74) is 5.28. The Kier molecular flexibility index (Phi) is 6.30. The van der Waals surface area contributed by atoms with E-state index in [0.29, 0.717) is 12.5 Å². The van der Waals surface area contributed by atoms with Crippen molar-refractivity contribution in [3.8, 4) is 0 Å². The van der Waals surface area contributed by atoms with Gasteiger partial charge >= 0.3 is 0 Å². The molecule has 2 aromatic carbocycles. The van der Waals surface area contributed by atoms with Crippen molar-refractivity contribution < 1.29 is 4.79 Å². The zero-order valence-electron chi connectivity index (χ0n) is 17.3. The highest BCUT2D eigenvalue weighted by molar-refractivity contribution is 5.78. The minimum Gasteiger partial charge on any atom is -0.371 e. The largest absolute Gasteiger partial charge is 0.371 e. The lowest BCUT2D eigenvalue weighted by Gasteiger charge is -2.26. The Morgan fingerprint density at radius 2 is 1.86 bits per heavy atom. The average molecular weight is 390 g/mol. The third-order valence-electron chi connectivity index (χ3n) is 6.08. The van der Waals surface area contributed by atoms with Gasteiger partial charge in [0, 0.05) is 38.4 Å². The highest BCUT2D eigenvalue weighted by Gasteiger charge is 2.23. The van der Waals surface area contributed by atoms with Gasteiger partial charge in [-0.05, 0) is 49.0 Å². The Bertz CT molecular complexity index is 844. The quantitative estimate of drug-likeness (QED) is 0.818. The number of para-hydroxylation sites is 1. The van der Waals surface area contributed by atoms with Crippen LogP contribution in [0.3, 0.4) is 0 Å². The third kappa shape index (κ3) is 5.27. The summed E-state index contributed by atoms with van der Waals surface area (Å²) in [6, 6.07) is 19.3. The monoisotopic (exact) mass is 389 g/mol. The second-order valence-electron chi connectivity index (χ2n) is 8.32. The molecule has 4 nitrogen and oxygen atoms in total. The van der Waals surface area contributed by atoms with E-state index in [-0.39, 0.29) is 5.91 Å². The highest BCUT2D eigenvalue weighted by atomic mass is 16.2. The molecule has 0 saturated carbocycles. The molecule has 1 amide bonds. The molecule has 1 N–H and O–H groups in total. The Morgan fingerprint density at radius 3 is 2.59 bits per heavy atom. The molecule has 4 heteroatoms. The number of nitrogens with one attached hydrogen (secondary N) is 1. The summed E-state index contributed by atoms with van der Waals surface area (Å²) in [5, 5.41) is 3.17. The van der Waals surface area contributed by atoms with Gasteiger partial charge in [-0.25, -0.2) is 0 Å². The first kappa shape index (κ1) is 19.7. The molecule has 0 radical (unpaired) electrons. The molecule has 4 rings (SSSR count). The predicted molar refractivity (Wildman–Crippen MR) is 120 cm³/mol. The molecule has 2 aliphatic rings. The molecule has 152 valence electrons. The number of anilines is 1. The lowest BCUT2D eigenvalue weighted by molar-refractivity contribution is -0.122. The second-order valence-corrected chi connectivity index (χ2v) is 8.32. The van der Waals surface area contributed by atoms with Crippen molar-refractivity contribution in [1.82, 2.24) is 10.2 Å². The van der Waals surface area contributed by atoms with Crippen LogP contribution in [0.25, 0.3) is 5.57 Å². The van der Waals surface area contributed by atoms with Crippen molar-refractivity contribution in [2.45, 2.75) is 19.8 Å². The fraction of sp³-hybridized carbons (Fsp3) is 0.400. The molecule has 29 heavy (non-hydrogen) atoms. The van der Waals surface area contributed by atoms with E-state index in [0.717, 1.165) is 45.6 Å². The number of amides is 1. The first-order valence-electron chi connectivity index (χ1n) is 10.7. The predicted octanol–water partition coefficient (Wildman–Crippen LogP) is 3.73. The van der Waals surface area contributed by atoms with Crippen LogP contribution >= 0.6 is 0 Å². The van der Waals surface area contributed by atoms with E-state index in [4.69, 9.17) is 0 Å². The van der Waals surface area contributed by atoms with Crippen LogP contribution in [0.15, 0.2) is 60.7 Å². The van der Waals surface area contributed by atoms with Gasteiger partial charge in [-0.1, -0.05) is 54.1 Å². The molecule has 2 heterocycles. The lowest BCUT2D eigenvalue weighted by atomic mass is 9.98. The molecule has 1 saturated heterocycles. The summed E-state index contributed by atoms with van der Waals surface area (Å²) in [4.78, 5) is 17.1. The van der Waals surface area contributed by atoms with Gasteiger partial charge in [-0.2, -0.15) is 0 Å². The molecule has 0 aromatic heterocycles. The van der Waals surface area contributed by atoms with Crippen molar-refractivity contribution in [2.24, 2.45) is 5.92 Å². The van der Waals surface area contributed by atoms with Crippen molar-refractivity contribution >= 4 is 17.2 Å². The molecular weight excluding hydrogens is 358 g/mol. The van der Waals surface area contributed by atoms with E-state index in [1.54, 1.807) is 0 Å². The van der Waals surface area contributed by atoms with Crippen LogP contribution in [0.1, 0.15) is 24.0 Å². The van der Waals surface area contributed by atoms with Crippen LogP contribution in [-0.2, 0) is 4.79 Å². The molecule has 2 aromatic rings. The highest BCUT2D eigenvalue weighted by Crippen LogP contribution is 2.24. The van der Waals surface area contributed by atoms with Crippen LogP contribution in [0.2, 0.25) is 0 Å². The van der Waals surface area contributed by atoms with Gasteiger partial charge < -0.3 is 10.2 Å². The number of hydrogen-bond acceptors (Lipinski definition) is 3. The van der Waals surface area contributed by atoms with Gasteiger partial charge in [0.05, 0.1) is 6.54 Å². The Hall–Kier alpha value is -2.59. The summed E-state index contributed by atoms with van der Waals surface area (Å²) >= 11 is 0. The van der Waals surface area contributed by atoms with Gasteiger partial charge in [0.2, 0.25) is 5.91 Å². The second kappa shape index (κ2) is 9.27. The van der Waals surface area contributed by atoms with E-state index < -0.39 is 0 Å². The Morgan fingerprint density at radius 1 is 1.07 bits per heavy atom. The molecule has 2 aliphatic heterocycles. The minimum absolute atomic E-state index is 0.148. The van der Waals surface area contributed by atoms with Crippen molar-refractivity contribution in [2.75, 3.05) is 44.2 Å². The molecule has 0 spiro atoms. The number of carbonyl (C=O) groups is 1. The van der Waals surface area contributed by atoms with Crippen molar-refractivity contribution in [1.29, 1.82) is 0 Å². The molecule has 1 unspecified atom stereocenters. The average Bonchev–Trinajstić information content (AvgIpc) is 3.23. The maximum absolute atomic E-state index is 12.4. The zero-order valence-corrected chi connectivity index (χ0v) is 17.3. The van der Waals surface area contributed by atoms with E-state index in [9.17, 15) is 4.79 Å². The van der Waals surface area contributed by atoms with Crippen LogP contribution in [0.4, 0.5) is 5.69 Å². The van der Waals surface area contributed by atoms with E-state index >= 15 is 0 Å². The minimum atomic E-state index is 0.148. The Labute approximate surface area is 174 Å². The number of nitrogens with zero attached hydrogens (tertiary/aromatic N) is 2. The smallest absolute Gasteiger partial charge is 0.234 e. The molecule has 1 fully saturated rings. The van der Waals surface area contributed by atoms with Gasteiger partial charge in [-0.3, -0.25) is 9.69 Å². The fourth-order valence-electron chi connectivity index (χ4n) is 4.27. The topological polar surface area (TPSA) is 35.6 Å². The van der Waals surface area contributed by atoms with Gasteiger partial charge in [0.15, 0.2) is 0 Å². The fourth-order valence-corrected chi connectivity index (χ4v) is 4.27. The first-order chi connectivity index (χ1) is 14.2. The van der Waals surface area contributed by atoms with Crippen LogP contribution in [0, 0.1) is 12.8 Å². The summed E-state index contributed by atoms with van der Waals surface area (Å²) < 4.78 is 0.